The van der Waals surface area contributed by atoms with Crippen LogP contribution < -0.4 is 20.5 Å². The number of ether oxygens (including phenoxy) is 1. The molecule has 0 aliphatic carbocycles. The molecule has 2 aromatic rings. The number of anilines is 1. The van der Waals surface area contributed by atoms with E-state index in [2.05, 4.69) is 15.5 Å². The average molecular weight is 342 g/mol. The van der Waals surface area contributed by atoms with Crippen LogP contribution in [0.4, 0.5) is 5.69 Å². The third-order valence-electron chi connectivity index (χ3n) is 4.41. The summed E-state index contributed by atoms with van der Waals surface area (Å²) in [6.07, 6.45) is 3.37. The Morgan fingerprint density at radius 2 is 2.32 bits per heavy atom. The second-order valence-corrected chi connectivity index (χ2v) is 6.16. The lowest BCUT2D eigenvalue weighted by molar-refractivity contribution is -0.125. The molecule has 1 aromatic carbocycles. The van der Waals surface area contributed by atoms with E-state index in [1.165, 1.54) is 6.07 Å². The van der Waals surface area contributed by atoms with Crippen LogP contribution in [-0.2, 0) is 11.3 Å². The van der Waals surface area contributed by atoms with Gasteiger partial charge in [-0.3, -0.25) is 9.59 Å². The van der Waals surface area contributed by atoms with E-state index in [1.807, 2.05) is 29.2 Å². The lowest BCUT2D eigenvalue weighted by Crippen LogP contribution is -2.43. The van der Waals surface area contributed by atoms with Crippen molar-refractivity contribution in [1.82, 2.24) is 15.5 Å². The maximum absolute atomic E-state index is 12.5. The van der Waals surface area contributed by atoms with Crippen molar-refractivity contribution in [2.45, 2.75) is 19.4 Å². The number of methoxy groups -OCH3 is 1. The molecule has 1 aliphatic heterocycles. The van der Waals surface area contributed by atoms with Crippen molar-refractivity contribution in [3.63, 3.8) is 0 Å². The number of hydrogen-bond acceptors (Lipinski definition) is 5. The maximum atomic E-state index is 12.5. The Labute approximate surface area is 146 Å². The first-order chi connectivity index (χ1) is 12.2. The molecular formula is C18H22N4O3. The van der Waals surface area contributed by atoms with E-state index in [9.17, 15) is 9.59 Å². The summed E-state index contributed by atoms with van der Waals surface area (Å²) in [7, 11) is 1.62. The van der Waals surface area contributed by atoms with Crippen LogP contribution in [-0.4, -0.2) is 36.3 Å². The number of amides is 1. The summed E-state index contributed by atoms with van der Waals surface area (Å²) in [6, 6.07) is 9.17. The Morgan fingerprint density at radius 3 is 3.12 bits per heavy atom. The highest BCUT2D eigenvalue weighted by Gasteiger charge is 2.26. The highest BCUT2D eigenvalue weighted by molar-refractivity contribution is 5.79. The number of carbonyl (C=O) groups is 1. The lowest BCUT2D eigenvalue weighted by Gasteiger charge is -2.33. The van der Waals surface area contributed by atoms with Crippen LogP contribution in [0.5, 0.6) is 5.75 Å². The van der Waals surface area contributed by atoms with Gasteiger partial charge in [-0.05, 0) is 30.5 Å². The summed E-state index contributed by atoms with van der Waals surface area (Å²) >= 11 is 0. The summed E-state index contributed by atoms with van der Waals surface area (Å²) in [6.45, 7) is 1.89. The van der Waals surface area contributed by atoms with Crippen molar-refractivity contribution in [2.24, 2.45) is 5.92 Å². The number of H-pyrrole nitrogens is 1. The van der Waals surface area contributed by atoms with Gasteiger partial charge in [-0.15, -0.1) is 0 Å². The van der Waals surface area contributed by atoms with Crippen molar-refractivity contribution in [2.75, 3.05) is 25.1 Å². The summed E-state index contributed by atoms with van der Waals surface area (Å²) in [5.74, 6) is 0.710. The fourth-order valence-corrected chi connectivity index (χ4v) is 3.08. The van der Waals surface area contributed by atoms with Gasteiger partial charge in [0.05, 0.1) is 24.9 Å². The van der Waals surface area contributed by atoms with E-state index >= 15 is 0 Å². The SMILES string of the molecule is COc1cccc(CNC(=O)[C@@H]2CCCN(c3cn[nH]c(=O)c3)C2)c1. The molecule has 0 bridgehead atoms. The number of hydrogen-bond donors (Lipinski definition) is 2. The Morgan fingerprint density at radius 1 is 1.44 bits per heavy atom. The van der Waals surface area contributed by atoms with Gasteiger partial charge in [0.2, 0.25) is 5.91 Å². The molecule has 2 N–H and O–H groups in total. The van der Waals surface area contributed by atoms with Gasteiger partial charge in [0.15, 0.2) is 0 Å². The van der Waals surface area contributed by atoms with Gasteiger partial charge in [0.25, 0.3) is 5.56 Å². The lowest BCUT2D eigenvalue weighted by atomic mass is 9.96. The zero-order valence-electron chi connectivity index (χ0n) is 14.2. The highest BCUT2D eigenvalue weighted by atomic mass is 16.5. The topological polar surface area (TPSA) is 87.3 Å². The Bertz CT molecular complexity index is 790. The first-order valence-corrected chi connectivity index (χ1v) is 8.36. The van der Waals surface area contributed by atoms with Gasteiger partial charge in [0.1, 0.15) is 5.75 Å². The molecule has 1 amide bonds. The highest BCUT2D eigenvalue weighted by Crippen LogP contribution is 2.22. The summed E-state index contributed by atoms with van der Waals surface area (Å²) in [4.78, 5) is 26.0. The van der Waals surface area contributed by atoms with Crippen molar-refractivity contribution >= 4 is 11.6 Å². The molecular weight excluding hydrogens is 320 g/mol. The predicted octanol–water partition coefficient (Wildman–Crippen LogP) is 1.31. The van der Waals surface area contributed by atoms with E-state index in [0.717, 1.165) is 36.4 Å². The summed E-state index contributed by atoms with van der Waals surface area (Å²) in [5, 5.41) is 9.20. The molecule has 0 spiro atoms. The number of piperidine rings is 1. The molecule has 1 atom stereocenters. The quantitative estimate of drug-likeness (QED) is 0.855. The monoisotopic (exact) mass is 342 g/mol. The van der Waals surface area contributed by atoms with Gasteiger partial charge in [-0.25, -0.2) is 5.10 Å². The number of nitrogens with zero attached hydrogens (tertiary/aromatic N) is 2. The van der Waals surface area contributed by atoms with Crippen LogP contribution in [0, 0.1) is 5.92 Å². The van der Waals surface area contributed by atoms with E-state index in [0.29, 0.717) is 13.1 Å². The second kappa shape index (κ2) is 7.83. The smallest absolute Gasteiger partial charge is 0.266 e. The van der Waals surface area contributed by atoms with Gasteiger partial charge in [-0.2, -0.15) is 5.10 Å². The zero-order valence-corrected chi connectivity index (χ0v) is 14.2. The van der Waals surface area contributed by atoms with Crippen molar-refractivity contribution in [3.8, 4) is 5.75 Å². The van der Waals surface area contributed by atoms with Gasteiger partial charge >= 0.3 is 0 Å². The number of aromatic amines is 1. The molecule has 0 unspecified atom stereocenters. The molecule has 1 fully saturated rings. The maximum Gasteiger partial charge on any atom is 0.266 e. The third-order valence-corrected chi connectivity index (χ3v) is 4.41. The fourth-order valence-electron chi connectivity index (χ4n) is 3.08. The van der Waals surface area contributed by atoms with Crippen LogP contribution in [0.15, 0.2) is 41.3 Å². The van der Waals surface area contributed by atoms with Crippen LogP contribution in [0.1, 0.15) is 18.4 Å². The zero-order chi connectivity index (χ0) is 17.6. The molecule has 7 nitrogen and oxygen atoms in total. The standard InChI is InChI=1S/C18H22N4O3/c1-25-16-6-2-4-13(8-16)10-19-18(24)14-5-3-7-22(12-14)15-9-17(23)21-20-11-15/h2,4,6,8-9,11,14H,3,5,7,10,12H2,1H3,(H,19,24)(H,21,23)/t14-/m1/s1. The Hall–Kier alpha value is -2.83. The number of nitrogens with one attached hydrogen (secondary N) is 2. The minimum absolute atomic E-state index is 0.0327. The van der Waals surface area contributed by atoms with E-state index in [1.54, 1.807) is 13.3 Å². The van der Waals surface area contributed by atoms with Crippen LogP contribution in [0.3, 0.4) is 0 Å². The van der Waals surface area contributed by atoms with Gasteiger partial charge in [-0.1, -0.05) is 12.1 Å². The van der Waals surface area contributed by atoms with Gasteiger partial charge < -0.3 is 15.0 Å². The average Bonchev–Trinajstić information content (AvgIpc) is 2.66. The Kier molecular flexibility index (Phi) is 5.33. The predicted molar refractivity (Wildman–Crippen MR) is 94.6 cm³/mol. The number of rotatable bonds is 5. The molecule has 1 aromatic heterocycles. The number of carbonyl (C=O) groups excluding carboxylic acids is 1. The van der Waals surface area contributed by atoms with E-state index in [4.69, 9.17) is 4.74 Å². The van der Waals surface area contributed by atoms with Crippen molar-refractivity contribution < 1.29 is 9.53 Å². The molecule has 0 radical (unpaired) electrons. The fraction of sp³-hybridized carbons (Fsp3) is 0.389. The van der Waals surface area contributed by atoms with Crippen molar-refractivity contribution in [3.05, 3.63) is 52.4 Å². The molecule has 3 rings (SSSR count). The van der Waals surface area contributed by atoms with Gasteiger partial charge in [0, 0.05) is 25.7 Å². The van der Waals surface area contributed by atoms with E-state index < -0.39 is 0 Å². The molecule has 1 saturated heterocycles. The minimum atomic E-state index is -0.234. The normalized spacial score (nSPS) is 17.2. The van der Waals surface area contributed by atoms with Crippen molar-refractivity contribution in [1.29, 1.82) is 0 Å². The van der Waals surface area contributed by atoms with Crippen LogP contribution in [0.2, 0.25) is 0 Å². The third kappa shape index (κ3) is 4.37. The molecule has 1 aliphatic rings. The van der Waals surface area contributed by atoms with E-state index in [-0.39, 0.29) is 17.4 Å². The molecule has 25 heavy (non-hydrogen) atoms. The second-order valence-electron chi connectivity index (χ2n) is 6.16. The molecule has 0 saturated carbocycles. The minimum Gasteiger partial charge on any atom is -0.497 e. The molecule has 132 valence electrons. The van der Waals surface area contributed by atoms with Crippen LogP contribution >= 0.6 is 0 Å². The summed E-state index contributed by atoms with van der Waals surface area (Å²) < 4.78 is 5.20. The summed E-state index contributed by atoms with van der Waals surface area (Å²) in [5.41, 5.74) is 1.52. The Balaban J connectivity index is 1.59. The molecule has 2 heterocycles. The number of benzene rings is 1. The first kappa shape index (κ1) is 17.0. The van der Waals surface area contributed by atoms with Crippen LogP contribution in [0.25, 0.3) is 0 Å². The molecule has 7 heteroatoms. The largest absolute Gasteiger partial charge is 0.497 e. The first-order valence-electron chi connectivity index (χ1n) is 8.36. The number of aromatic nitrogens is 2.